The minimum atomic E-state index is -0.419. The molecule has 1 amide bonds. The Balaban J connectivity index is 1.97. The van der Waals surface area contributed by atoms with Crippen molar-refractivity contribution in [1.29, 1.82) is 0 Å². The van der Waals surface area contributed by atoms with Crippen molar-refractivity contribution in [3.63, 3.8) is 0 Å². The molecule has 2 rings (SSSR count). The maximum atomic E-state index is 12.3. The zero-order chi connectivity index (χ0) is 15.2. The number of rotatable bonds is 6. The predicted molar refractivity (Wildman–Crippen MR) is 90.1 cm³/mol. The molecule has 0 aromatic carbocycles. The van der Waals surface area contributed by atoms with Crippen LogP contribution in [-0.4, -0.2) is 34.2 Å². The Labute approximate surface area is 137 Å². The number of nitrogens with zero attached hydrogens (tertiary/aromatic N) is 1. The standard InChI is InChI=1S/C14H15NO3S3/c1-2-3-6-18-12(16)9-15-13(17)11(21-14(15)19)8-10-5-4-7-20-10/h4-5,7-8H,2-3,6,9H2,1H3. The first-order valence-corrected chi connectivity index (χ1v) is 8.66. The van der Waals surface area contributed by atoms with E-state index < -0.39 is 5.97 Å². The van der Waals surface area contributed by atoms with Crippen LogP contribution in [0.3, 0.4) is 0 Å². The summed E-state index contributed by atoms with van der Waals surface area (Å²) in [4.78, 5) is 26.8. The summed E-state index contributed by atoms with van der Waals surface area (Å²) in [6, 6.07) is 3.85. The lowest BCUT2D eigenvalue weighted by Gasteiger charge is -2.13. The molecule has 1 aliphatic rings. The highest BCUT2D eigenvalue weighted by Crippen LogP contribution is 2.33. The van der Waals surface area contributed by atoms with Gasteiger partial charge in [0, 0.05) is 4.88 Å². The number of unbranched alkanes of at least 4 members (excludes halogenated alkanes) is 1. The van der Waals surface area contributed by atoms with E-state index in [1.807, 2.05) is 24.4 Å². The number of esters is 1. The van der Waals surface area contributed by atoms with Gasteiger partial charge in [0.1, 0.15) is 10.9 Å². The highest BCUT2D eigenvalue weighted by atomic mass is 32.2. The minimum absolute atomic E-state index is 0.115. The average molecular weight is 341 g/mol. The lowest BCUT2D eigenvalue weighted by molar-refractivity contribution is -0.146. The molecule has 1 fully saturated rings. The molecule has 0 unspecified atom stereocenters. The van der Waals surface area contributed by atoms with Crippen molar-refractivity contribution < 1.29 is 14.3 Å². The van der Waals surface area contributed by atoms with Gasteiger partial charge in [0.25, 0.3) is 5.91 Å². The highest BCUT2D eigenvalue weighted by Gasteiger charge is 2.33. The summed E-state index contributed by atoms with van der Waals surface area (Å²) in [7, 11) is 0. The van der Waals surface area contributed by atoms with E-state index in [0.717, 1.165) is 17.7 Å². The van der Waals surface area contributed by atoms with Crippen molar-refractivity contribution in [2.75, 3.05) is 13.2 Å². The number of thioether (sulfide) groups is 1. The predicted octanol–water partition coefficient (Wildman–Crippen LogP) is 3.29. The average Bonchev–Trinajstić information content (AvgIpc) is 3.04. The summed E-state index contributed by atoms with van der Waals surface area (Å²) >= 11 is 7.93. The van der Waals surface area contributed by atoms with Gasteiger partial charge in [-0.3, -0.25) is 14.5 Å². The van der Waals surface area contributed by atoms with Crippen molar-refractivity contribution in [1.82, 2.24) is 4.90 Å². The summed E-state index contributed by atoms with van der Waals surface area (Å²) in [5, 5.41) is 1.94. The Morgan fingerprint density at radius 2 is 2.33 bits per heavy atom. The summed E-state index contributed by atoms with van der Waals surface area (Å²) in [5.41, 5.74) is 0. The highest BCUT2D eigenvalue weighted by molar-refractivity contribution is 8.26. The van der Waals surface area contributed by atoms with Gasteiger partial charge in [-0.2, -0.15) is 0 Å². The zero-order valence-corrected chi connectivity index (χ0v) is 14.0. The zero-order valence-electron chi connectivity index (χ0n) is 11.5. The van der Waals surface area contributed by atoms with Crippen LogP contribution in [0, 0.1) is 0 Å². The fraction of sp³-hybridized carbons (Fsp3) is 0.357. The van der Waals surface area contributed by atoms with Gasteiger partial charge in [-0.15, -0.1) is 11.3 Å². The van der Waals surface area contributed by atoms with Gasteiger partial charge < -0.3 is 4.74 Å². The summed E-state index contributed by atoms with van der Waals surface area (Å²) in [6.45, 7) is 2.29. The van der Waals surface area contributed by atoms with Crippen LogP contribution in [0.5, 0.6) is 0 Å². The van der Waals surface area contributed by atoms with Crippen LogP contribution >= 0.6 is 35.3 Å². The van der Waals surface area contributed by atoms with E-state index in [2.05, 4.69) is 0 Å². The van der Waals surface area contributed by atoms with Gasteiger partial charge in [-0.05, 0) is 23.9 Å². The molecule has 0 radical (unpaired) electrons. The first-order valence-electron chi connectivity index (χ1n) is 6.56. The molecule has 0 saturated carbocycles. The second-order valence-corrected chi connectivity index (χ2v) is 7.01. The molecule has 0 spiro atoms. The maximum absolute atomic E-state index is 12.3. The van der Waals surface area contributed by atoms with Gasteiger partial charge in [0.15, 0.2) is 0 Å². The molecule has 1 saturated heterocycles. The van der Waals surface area contributed by atoms with E-state index in [1.165, 1.54) is 16.7 Å². The summed E-state index contributed by atoms with van der Waals surface area (Å²) in [5.74, 6) is -0.650. The van der Waals surface area contributed by atoms with Crippen molar-refractivity contribution in [3.8, 4) is 0 Å². The van der Waals surface area contributed by atoms with Crippen molar-refractivity contribution >= 4 is 57.6 Å². The van der Waals surface area contributed by atoms with Gasteiger partial charge in [0.2, 0.25) is 0 Å². The normalized spacial score (nSPS) is 16.8. The van der Waals surface area contributed by atoms with E-state index in [-0.39, 0.29) is 12.5 Å². The van der Waals surface area contributed by atoms with E-state index in [9.17, 15) is 9.59 Å². The second kappa shape index (κ2) is 7.72. The third-order valence-electron chi connectivity index (χ3n) is 2.74. The maximum Gasteiger partial charge on any atom is 0.326 e. The fourth-order valence-electron chi connectivity index (χ4n) is 1.64. The van der Waals surface area contributed by atoms with E-state index in [0.29, 0.717) is 15.8 Å². The Bertz CT molecular complexity index is 566. The molecule has 0 N–H and O–H groups in total. The molecule has 21 heavy (non-hydrogen) atoms. The van der Waals surface area contributed by atoms with E-state index >= 15 is 0 Å². The molecule has 1 aliphatic heterocycles. The molecule has 1 aromatic rings. The number of hydrogen-bond acceptors (Lipinski definition) is 6. The van der Waals surface area contributed by atoms with Gasteiger partial charge in [0.05, 0.1) is 11.5 Å². The molecular formula is C14H15NO3S3. The van der Waals surface area contributed by atoms with Crippen molar-refractivity contribution in [3.05, 3.63) is 27.3 Å². The smallest absolute Gasteiger partial charge is 0.326 e. The van der Waals surface area contributed by atoms with Gasteiger partial charge in [-0.1, -0.05) is 43.4 Å². The number of hydrogen-bond donors (Lipinski definition) is 0. The number of carbonyl (C=O) groups is 2. The fourth-order valence-corrected chi connectivity index (χ4v) is 3.62. The SMILES string of the molecule is CCCCOC(=O)CN1C(=O)C(=Cc2cccs2)SC1=S. The van der Waals surface area contributed by atoms with Gasteiger partial charge in [-0.25, -0.2) is 0 Å². The molecule has 0 atom stereocenters. The topological polar surface area (TPSA) is 46.6 Å². The van der Waals surface area contributed by atoms with Crippen LogP contribution in [0.15, 0.2) is 22.4 Å². The molecule has 0 bridgehead atoms. The Morgan fingerprint density at radius 3 is 3.00 bits per heavy atom. The molecular weight excluding hydrogens is 326 g/mol. The number of ether oxygens (including phenoxy) is 1. The Kier molecular flexibility index (Phi) is 5.96. The second-order valence-electron chi connectivity index (χ2n) is 4.36. The lowest BCUT2D eigenvalue weighted by atomic mass is 10.3. The Morgan fingerprint density at radius 1 is 1.52 bits per heavy atom. The summed E-state index contributed by atoms with van der Waals surface area (Å²) < 4.78 is 5.46. The first kappa shape index (κ1) is 16.2. The van der Waals surface area contributed by atoms with Crippen molar-refractivity contribution in [2.24, 2.45) is 0 Å². The number of carbonyl (C=O) groups excluding carboxylic acids is 2. The molecule has 2 heterocycles. The molecule has 7 heteroatoms. The third kappa shape index (κ3) is 4.39. The largest absolute Gasteiger partial charge is 0.464 e. The molecule has 1 aromatic heterocycles. The summed E-state index contributed by atoms with van der Waals surface area (Å²) in [6.07, 6.45) is 3.58. The Hall–Kier alpha value is -1.18. The van der Waals surface area contributed by atoms with Crippen LogP contribution < -0.4 is 0 Å². The van der Waals surface area contributed by atoms with E-state index in [1.54, 1.807) is 17.4 Å². The van der Waals surface area contributed by atoms with Gasteiger partial charge >= 0.3 is 5.97 Å². The van der Waals surface area contributed by atoms with Crippen LogP contribution in [-0.2, 0) is 14.3 Å². The number of amides is 1. The van der Waals surface area contributed by atoms with E-state index in [4.69, 9.17) is 17.0 Å². The van der Waals surface area contributed by atoms with Crippen LogP contribution in [0.4, 0.5) is 0 Å². The molecule has 0 aliphatic carbocycles. The van der Waals surface area contributed by atoms with Crippen LogP contribution in [0.25, 0.3) is 6.08 Å². The minimum Gasteiger partial charge on any atom is -0.464 e. The quantitative estimate of drug-likeness (QED) is 0.344. The monoisotopic (exact) mass is 341 g/mol. The van der Waals surface area contributed by atoms with Crippen molar-refractivity contribution in [2.45, 2.75) is 19.8 Å². The first-order chi connectivity index (χ1) is 10.1. The number of thiophene rings is 1. The molecule has 4 nitrogen and oxygen atoms in total. The third-order valence-corrected chi connectivity index (χ3v) is 4.94. The van der Waals surface area contributed by atoms with Crippen LogP contribution in [0.1, 0.15) is 24.6 Å². The number of thiocarbonyl (C=S) groups is 1. The van der Waals surface area contributed by atoms with Crippen LogP contribution in [0.2, 0.25) is 0 Å². The lowest BCUT2D eigenvalue weighted by Crippen LogP contribution is -2.34. The molecule has 112 valence electrons.